The summed E-state index contributed by atoms with van der Waals surface area (Å²) in [7, 11) is 0. The Kier molecular flexibility index (Phi) is 9.48. The number of hydrogen-bond donors (Lipinski definition) is 1. The number of para-hydroxylation sites is 1. The van der Waals surface area contributed by atoms with Crippen molar-refractivity contribution in [1.29, 1.82) is 5.26 Å². The van der Waals surface area contributed by atoms with Gasteiger partial charge in [-0.25, -0.2) is 0 Å². The summed E-state index contributed by atoms with van der Waals surface area (Å²) in [6.07, 6.45) is -3.00. The number of nitrogens with one attached hydrogen (secondary N) is 1. The van der Waals surface area contributed by atoms with Gasteiger partial charge in [-0.15, -0.1) is 23.4 Å². The van der Waals surface area contributed by atoms with Crippen LogP contribution in [-0.4, -0.2) is 50.7 Å². The van der Waals surface area contributed by atoms with E-state index in [0.29, 0.717) is 34.7 Å². The maximum atomic E-state index is 12.7. The number of anilines is 2. The minimum absolute atomic E-state index is 0.0505. The van der Waals surface area contributed by atoms with Gasteiger partial charge < -0.3 is 10.1 Å². The van der Waals surface area contributed by atoms with Crippen LogP contribution in [0.4, 0.5) is 24.8 Å². The molecule has 2 heterocycles. The molecule has 3 aromatic carbocycles. The Labute approximate surface area is 261 Å². The number of rotatable bonds is 10. The molecule has 1 aromatic heterocycles. The molecule has 10 nitrogen and oxygen atoms in total. The van der Waals surface area contributed by atoms with Crippen LogP contribution in [0.3, 0.4) is 0 Å². The first-order valence-corrected chi connectivity index (χ1v) is 14.8. The summed E-state index contributed by atoms with van der Waals surface area (Å²) in [5.74, 6) is 0.775. The van der Waals surface area contributed by atoms with Crippen LogP contribution in [-0.2, 0) is 4.79 Å². The Morgan fingerprint density at radius 3 is 2.53 bits per heavy atom. The number of benzene rings is 3. The van der Waals surface area contributed by atoms with Gasteiger partial charge in [0.15, 0.2) is 11.0 Å². The Hall–Kier alpha value is -5.16. The molecule has 0 saturated carbocycles. The summed E-state index contributed by atoms with van der Waals surface area (Å²) in [6, 6.07) is 22.2. The molecule has 0 atom stereocenters. The standard InChI is InChI=1S/C31H27F3N8O2S/c1-20(2)25-6-3-4-7-26(25)41-27(43)19-45-30(41)39-37-18-21-8-10-22(11-9-21)28-38-29(36-17-5-16-35)42(40-28)23-12-14-24(15-13-23)44-31(32,33)34/h3-4,6-15,18,20H,5,17,19H2,1-2H3,(H,36,38,40). The van der Waals surface area contributed by atoms with E-state index in [1.165, 1.54) is 40.7 Å². The van der Waals surface area contributed by atoms with E-state index in [-0.39, 0.29) is 29.7 Å². The molecule has 0 aliphatic carbocycles. The van der Waals surface area contributed by atoms with E-state index in [2.05, 4.69) is 44.2 Å². The first-order chi connectivity index (χ1) is 21.6. The maximum absolute atomic E-state index is 12.7. The Balaban J connectivity index is 1.35. The van der Waals surface area contributed by atoms with E-state index in [4.69, 9.17) is 5.26 Å². The number of aromatic nitrogens is 3. The van der Waals surface area contributed by atoms with Gasteiger partial charge in [0.2, 0.25) is 11.9 Å². The van der Waals surface area contributed by atoms with Gasteiger partial charge in [0.25, 0.3) is 0 Å². The van der Waals surface area contributed by atoms with Crippen molar-refractivity contribution in [3.05, 3.63) is 83.9 Å². The lowest BCUT2D eigenvalue weighted by molar-refractivity contribution is -0.274. The molecule has 14 heteroatoms. The van der Waals surface area contributed by atoms with E-state index in [1.54, 1.807) is 23.2 Å². The SMILES string of the molecule is CC(C)c1ccccc1N1C(=O)CSC1=NN=Cc1ccc(-c2nc(NCCC#N)n(-c3ccc(OC(F)(F)F)cc3)n2)cc1. The van der Waals surface area contributed by atoms with Crippen LogP contribution >= 0.6 is 11.8 Å². The molecule has 0 unspecified atom stereocenters. The number of nitrogens with zero attached hydrogens (tertiary/aromatic N) is 7. The van der Waals surface area contributed by atoms with Gasteiger partial charge in [0.05, 0.1) is 35.8 Å². The summed E-state index contributed by atoms with van der Waals surface area (Å²) in [4.78, 5) is 18.9. The lowest BCUT2D eigenvalue weighted by atomic mass is 10.0. The molecule has 1 amide bonds. The van der Waals surface area contributed by atoms with Crippen molar-refractivity contribution < 1.29 is 22.7 Å². The molecule has 45 heavy (non-hydrogen) atoms. The van der Waals surface area contributed by atoms with Crippen molar-refractivity contribution in [1.82, 2.24) is 14.8 Å². The van der Waals surface area contributed by atoms with E-state index in [1.807, 2.05) is 42.5 Å². The summed E-state index contributed by atoms with van der Waals surface area (Å²) in [5.41, 5.74) is 3.72. The zero-order chi connectivity index (χ0) is 32.0. The second-order valence-electron chi connectivity index (χ2n) is 10.0. The number of halogens is 3. The number of ether oxygens (including phenoxy) is 1. The van der Waals surface area contributed by atoms with Crippen LogP contribution in [0, 0.1) is 11.3 Å². The lowest BCUT2D eigenvalue weighted by Crippen LogP contribution is -2.30. The Morgan fingerprint density at radius 1 is 1.11 bits per heavy atom. The molecule has 0 bridgehead atoms. The summed E-state index contributed by atoms with van der Waals surface area (Å²) in [6.45, 7) is 4.45. The Bertz CT molecular complexity index is 1760. The highest BCUT2D eigenvalue weighted by atomic mass is 32.2. The molecule has 1 aliphatic rings. The van der Waals surface area contributed by atoms with Gasteiger partial charge in [-0.1, -0.05) is 68.1 Å². The zero-order valence-electron chi connectivity index (χ0n) is 24.2. The average molecular weight is 633 g/mol. The highest BCUT2D eigenvalue weighted by Crippen LogP contribution is 2.33. The van der Waals surface area contributed by atoms with Gasteiger partial charge in [-0.2, -0.15) is 20.0 Å². The number of nitriles is 1. The molecule has 1 aliphatic heterocycles. The number of carbonyl (C=O) groups is 1. The van der Waals surface area contributed by atoms with Crippen LogP contribution in [0.15, 0.2) is 83.0 Å². The monoisotopic (exact) mass is 632 g/mol. The van der Waals surface area contributed by atoms with Crippen molar-refractivity contribution in [2.24, 2.45) is 10.2 Å². The van der Waals surface area contributed by atoms with E-state index < -0.39 is 6.36 Å². The van der Waals surface area contributed by atoms with Crippen LogP contribution < -0.4 is 15.0 Å². The van der Waals surface area contributed by atoms with Crippen molar-refractivity contribution in [2.45, 2.75) is 32.5 Å². The molecule has 0 spiro atoms. The molecule has 1 fully saturated rings. The number of carbonyl (C=O) groups excluding carboxylic acids is 1. The topological polar surface area (TPSA) is 121 Å². The minimum Gasteiger partial charge on any atom is -0.406 e. The fraction of sp³-hybridized carbons (Fsp3) is 0.226. The highest BCUT2D eigenvalue weighted by Gasteiger charge is 2.32. The van der Waals surface area contributed by atoms with Crippen LogP contribution in [0.1, 0.15) is 37.3 Å². The predicted molar refractivity (Wildman–Crippen MR) is 168 cm³/mol. The van der Waals surface area contributed by atoms with Crippen LogP contribution in [0.25, 0.3) is 17.1 Å². The summed E-state index contributed by atoms with van der Waals surface area (Å²) >= 11 is 1.33. The third-order valence-electron chi connectivity index (χ3n) is 6.53. The molecule has 1 N–H and O–H groups in total. The Morgan fingerprint density at radius 2 is 1.84 bits per heavy atom. The number of hydrogen-bond acceptors (Lipinski definition) is 9. The van der Waals surface area contributed by atoms with Crippen molar-refractivity contribution in [3.8, 4) is 28.9 Å². The van der Waals surface area contributed by atoms with Gasteiger partial charge in [-0.05, 0) is 47.4 Å². The number of amidine groups is 1. The van der Waals surface area contributed by atoms with Crippen LogP contribution in [0.2, 0.25) is 0 Å². The quantitative estimate of drug-likeness (QED) is 0.117. The highest BCUT2D eigenvalue weighted by molar-refractivity contribution is 8.15. The average Bonchev–Trinajstić information content (AvgIpc) is 3.60. The molecular weight excluding hydrogens is 605 g/mol. The van der Waals surface area contributed by atoms with Crippen molar-refractivity contribution >= 4 is 40.7 Å². The van der Waals surface area contributed by atoms with Gasteiger partial charge >= 0.3 is 6.36 Å². The fourth-order valence-electron chi connectivity index (χ4n) is 4.46. The largest absolute Gasteiger partial charge is 0.573 e. The number of alkyl halides is 3. The van der Waals surface area contributed by atoms with Gasteiger partial charge in [0.1, 0.15) is 5.75 Å². The fourth-order valence-corrected chi connectivity index (χ4v) is 5.28. The molecule has 230 valence electrons. The number of thioether (sulfide) groups is 1. The zero-order valence-corrected chi connectivity index (χ0v) is 25.0. The number of amides is 1. The van der Waals surface area contributed by atoms with Gasteiger partial charge in [0, 0.05) is 12.1 Å². The first kappa shape index (κ1) is 31.3. The molecular formula is C31H27F3N8O2S. The van der Waals surface area contributed by atoms with E-state index in [9.17, 15) is 18.0 Å². The smallest absolute Gasteiger partial charge is 0.406 e. The van der Waals surface area contributed by atoms with Crippen LogP contribution in [0.5, 0.6) is 5.75 Å². The molecule has 4 aromatic rings. The third kappa shape index (κ3) is 7.68. The molecule has 1 saturated heterocycles. The van der Waals surface area contributed by atoms with Crippen molar-refractivity contribution in [2.75, 3.05) is 22.5 Å². The predicted octanol–water partition coefficient (Wildman–Crippen LogP) is 6.75. The molecule has 5 rings (SSSR count). The summed E-state index contributed by atoms with van der Waals surface area (Å²) in [5, 5.41) is 25.6. The normalized spacial score (nSPS) is 14.5. The van der Waals surface area contributed by atoms with E-state index >= 15 is 0 Å². The molecule has 0 radical (unpaired) electrons. The third-order valence-corrected chi connectivity index (χ3v) is 7.44. The van der Waals surface area contributed by atoms with Crippen molar-refractivity contribution in [3.63, 3.8) is 0 Å². The lowest BCUT2D eigenvalue weighted by Gasteiger charge is -2.20. The second-order valence-corrected chi connectivity index (χ2v) is 11.0. The van der Waals surface area contributed by atoms with E-state index in [0.717, 1.165) is 16.8 Å². The second kappa shape index (κ2) is 13.6. The minimum atomic E-state index is -4.80. The van der Waals surface area contributed by atoms with Gasteiger partial charge in [-0.3, -0.25) is 9.69 Å². The first-order valence-electron chi connectivity index (χ1n) is 13.8. The summed E-state index contributed by atoms with van der Waals surface area (Å²) < 4.78 is 43.1. The maximum Gasteiger partial charge on any atom is 0.573 e.